The topological polar surface area (TPSA) is 95.9 Å². The number of carbonyl (C=O) groups is 1. The van der Waals surface area contributed by atoms with E-state index in [1.807, 2.05) is 11.8 Å². The third-order valence-electron chi connectivity index (χ3n) is 5.09. The van der Waals surface area contributed by atoms with Crippen molar-refractivity contribution in [3.05, 3.63) is 60.4 Å². The fraction of sp³-hybridized carbons (Fsp3) is 0.318. The van der Waals surface area contributed by atoms with Crippen LogP contribution in [0, 0.1) is 5.82 Å². The summed E-state index contributed by atoms with van der Waals surface area (Å²) in [6.45, 7) is 3.21. The summed E-state index contributed by atoms with van der Waals surface area (Å²) >= 11 is 0. The molecule has 31 heavy (non-hydrogen) atoms. The highest BCUT2D eigenvalue weighted by atomic mass is 19.1. The van der Waals surface area contributed by atoms with E-state index < -0.39 is 0 Å². The molecule has 2 aromatic heterocycles. The standard InChI is InChI=1S/C22H24FN7O/c1-2-20(31)30-11-4-6-15(14-30)21-27-18(26-17-8-3-7-16(23)12-17)13-19(28-21)29-22-24-9-5-10-25-22/h3,5,7-10,12-13,15H,2,4,6,11,14H2,1H3,(H2,24,25,26,27,28,29). The molecule has 1 amide bonds. The summed E-state index contributed by atoms with van der Waals surface area (Å²) in [6, 6.07) is 9.64. The molecule has 4 rings (SSSR count). The van der Waals surface area contributed by atoms with Crippen LogP contribution in [0.25, 0.3) is 0 Å². The van der Waals surface area contributed by atoms with Crippen molar-refractivity contribution >= 4 is 29.2 Å². The lowest BCUT2D eigenvalue weighted by atomic mass is 9.97. The van der Waals surface area contributed by atoms with Crippen LogP contribution in [0.2, 0.25) is 0 Å². The molecular formula is C22H24FN7O. The van der Waals surface area contributed by atoms with Crippen LogP contribution in [0.3, 0.4) is 0 Å². The highest BCUT2D eigenvalue weighted by Crippen LogP contribution is 2.28. The molecule has 0 aliphatic carbocycles. The number of amides is 1. The molecule has 0 saturated carbocycles. The Labute approximate surface area is 180 Å². The number of likely N-dealkylation sites (tertiary alicyclic amines) is 1. The molecule has 3 heterocycles. The first-order valence-electron chi connectivity index (χ1n) is 10.3. The molecule has 3 aromatic rings. The van der Waals surface area contributed by atoms with Crippen molar-refractivity contribution in [2.24, 2.45) is 0 Å². The Bertz CT molecular complexity index is 1050. The van der Waals surface area contributed by atoms with Crippen molar-refractivity contribution < 1.29 is 9.18 Å². The van der Waals surface area contributed by atoms with Crippen molar-refractivity contribution in [1.29, 1.82) is 0 Å². The van der Waals surface area contributed by atoms with Crippen LogP contribution in [0.5, 0.6) is 0 Å². The van der Waals surface area contributed by atoms with Gasteiger partial charge in [0, 0.05) is 49.6 Å². The van der Waals surface area contributed by atoms with E-state index in [-0.39, 0.29) is 17.6 Å². The predicted molar refractivity (Wildman–Crippen MR) is 116 cm³/mol. The molecule has 160 valence electrons. The predicted octanol–water partition coefficient (Wildman–Crippen LogP) is 4.01. The molecule has 2 N–H and O–H groups in total. The molecule has 1 aromatic carbocycles. The first kappa shape index (κ1) is 20.6. The number of anilines is 4. The lowest BCUT2D eigenvalue weighted by molar-refractivity contribution is -0.132. The summed E-state index contributed by atoms with van der Waals surface area (Å²) in [6.07, 6.45) is 5.54. The van der Waals surface area contributed by atoms with Crippen LogP contribution in [0.4, 0.5) is 27.7 Å². The number of rotatable bonds is 6. The summed E-state index contributed by atoms with van der Waals surface area (Å²) in [4.78, 5) is 31.8. The number of hydrogen-bond acceptors (Lipinski definition) is 7. The van der Waals surface area contributed by atoms with Gasteiger partial charge in [-0.25, -0.2) is 24.3 Å². The Morgan fingerprint density at radius 2 is 1.90 bits per heavy atom. The van der Waals surface area contributed by atoms with E-state index in [2.05, 4.69) is 30.6 Å². The van der Waals surface area contributed by atoms with Gasteiger partial charge in [-0.3, -0.25) is 4.79 Å². The first-order chi connectivity index (χ1) is 15.1. The molecule has 1 unspecified atom stereocenters. The van der Waals surface area contributed by atoms with Crippen LogP contribution in [-0.2, 0) is 4.79 Å². The molecule has 1 saturated heterocycles. The summed E-state index contributed by atoms with van der Waals surface area (Å²) in [5.41, 5.74) is 0.581. The summed E-state index contributed by atoms with van der Waals surface area (Å²) in [5, 5.41) is 6.24. The molecule has 1 aliphatic rings. The molecule has 0 spiro atoms. The Balaban J connectivity index is 1.64. The van der Waals surface area contributed by atoms with E-state index in [9.17, 15) is 9.18 Å². The maximum atomic E-state index is 13.6. The smallest absolute Gasteiger partial charge is 0.228 e. The Hall–Kier alpha value is -3.62. The maximum Gasteiger partial charge on any atom is 0.228 e. The zero-order chi connectivity index (χ0) is 21.6. The normalized spacial score (nSPS) is 16.1. The van der Waals surface area contributed by atoms with E-state index in [0.717, 1.165) is 19.4 Å². The van der Waals surface area contributed by atoms with Crippen molar-refractivity contribution in [3.8, 4) is 0 Å². The van der Waals surface area contributed by atoms with Crippen LogP contribution in [0.1, 0.15) is 37.9 Å². The number of nitrogens with one attached hydrogen (secondary N) is 2. The minimum absolute atomic E-state index is 0.00995. The fourth-order valence-electron chi connectivity index (χ4n) is 3.61. The van der Waals surface area contributed by atoms with E-state index >= 15 is 0 Å². The molecule has 8 nitrogen and oxygen atoms in total. The van der Waals surface area contributed by atoms with Gasteiger partial charge in [-0.1, -0.05) is 13.0 Å². The third kappa shape index (κ3) is 5.30. The highest BCUT2D eigenvalue weighted by molar-refractivity contribution is 5.76. The molecular weight excluding hydrogens is 397 g/mol. The van der Waals surface area contributed by atoms with E-state index in [0.29, 0.717) is 42.1 Å². The van der Waals surface area contributed by atoms with E-state index in [4.69, 9.17) is 0 Å². The lowest BCUT2D eigenvalue weighted by Gasteiger charge is -2.32. The van der Waals surface area contributed by atoms with Crippen LogP contribution < -0.4 is 10.6 Å². The third-order valence-corrected chi connectivity index (χ3v) is 5.09. The van der Waals surface area contributed by atoms with Gasteiger partial charge in [0.25, 0.3) is 0 Å². The minimum Gasteiger partial charge on any atom is -0.342 e. The number of nitrogens with zero attached hydrogens (tertiary/aromatic N) is 5. The zero-order valence-corrected chi connectivity index (χ0v) is 17.3. The van der Waals surface area contributed by atoms with Gasteiger partial charge in [0.2, 0.25) is 11.9 Å². The van der Waals surface area contributed by atoms with Gasteiger partial charge >= 0.3 is 0 Å². The number of hydrogen-bond donors (Lipinski definition) is 2. The number of halogens is 1. The zero-order valence-electron chi connectivity index (χ0n) is 17.3. The SMILES string of the molecule is CCC(=O)N1CCCC(c2nc(Nc3cccc(F)c3)cc(Nc3ncccn3)n2)C1. The number of aromatic nitrogens is 4. The maximum absolute atomic E-state index is 13.6. The second-order valence-corrected chi connectivity index (χ2v) is 7.36. The Morgan fingerprint density at radius 3 is 2.65 bits per heavy atom. The van der Waals surface area contributed by atoms with Gasteiger partial charge in [-0.15, -0.1) is 0 Å². The fourth-order valence-corrected chi connectivity index (χ4v) is 3.61. The Kier molecular flexibility index (Phi) is 6.30. The molecule has 1 atom stereocenters. The monoisotopic (exact) mass is 421 g/mol. The van der Waals surface area contributed by atoms with E-state index in [1.165, 1.54) is 12.1 Å². The quantitative estimate of drug-likeness (QED) is 0.621. The molecule has 0 radical (unpaired) electrons. The first-order valence-corrected chi connectivity index (χ1v) is 10.3. The second kappa shape index (κ2) is 9.46. The van der Waals surface area contributed by atoms with Gasteiger partial charge in [0.1, 0.15) is 23.3 Å². The van der Waals surface area contributed by atoms with Gasteiger partial charge in [-0.2, -0.15) is 0 Å². The van der Waals surface area contributed by atoms with Crippen molar-refractivity contribution in [2.75, 3.05) is 23.7 Å². The highest BCUT2D eigenvalue weighted by Gasteiger charge is 2.26. The summed E-state index contributed by atoms with van der Waals surface area (Å²) in [5.74, 6) is 1.88. The molecule has 1 fully saturated rings. The van der Waals surface area contributed by atoms with Crippen LogP contribution >= 0.6 is 0 Å². The molecule has 0 bridgehead atoms. The number of benzene rings is 1. The largest absolute Gasteiger partial charge is 0.342 e. The average Bonchev–Trinajstić information content (AvgIpc) is 2.79. The molecule has 1 aliphatic heterocycles. The van der Waals surface area contributed by atoms with Crippen molar-refractivity contribution in [1.82, 2.24) is 24.8 Å². The average molecular weight is 421 g/mol. The van der Waals surface area contributed by atoms with Gasteiger partial charge < -0.3 is 15.5 Å². The number of carbonyl (C=O) groups excluding carboxylic acids is 1. The van der Waals surface area contributed by atoms with Crippen molar-refractivity contribution in [2.45, 2.75) is 32.1 Å². The summed E-state index contributed by atoms with van der Waals surface area (Å²) < 4.78 is 13.6. The van der Waals surface area contributed by atoms with Crippen LogP contribution in [-0.4, -0.2) is 43.8 Å². The summed E-state index contributed by atoms with van der Waals surface area (Å²) in [7, 11) is 0. The lowest BCUT2D eigenvalue weighted by Crippen LogP contribution is -2.39. The number of piperidine rings is 1. The van der Waals surface area contributed by atoms with Gasteiger partial charge in [-0.05, 0) is 37.1 Å². The van der Waals surface area contributed by atoms with E-state index in [1.54, 1.807) is 36.7 Å². The van der Waals surface area contributed by atoms with Gasteiger partial charge in [0.15, 0.2) is 0 Å². The molecule has 9 heteroatoms. The van der Waals surface area contributed by atoms with Crippen LogP contribution in [0.15, 0.2) is 48.8 Å². The van der Waals surface area contributed by atoms with Gasteiger partial charge in [0.05, 0.1) is 0 Å². The van der Waals surface area contributed by atoms with Crippen molar-refractivity contribution in [3.63, 3.8) is 0 Å². The Morgan fingerprint density at radius 1 is 1.13 bits per heavy atom. The second-order valence-electron chi connectivity index (χ2n) is 7.36. The minimum atomic E-state index is -0.337.